The second-order valence-corrected chi connectivity index (χ2v) is 6.11. The molecule has 4 aromatic rings. The van der Waals surface area contributed by atoms with Gasteiger partial charge in [-0.1, -0.05) is 5.21 Å². The summed E-state index contributed by atoms with van der Waals surface area (Å²) in [6.07, 6.45) is 3.41. The topological polar surface area (TPSA) is 81.5 Å². The summed E-state index contributed by atoms with van der Waals surface area (Å²) in [5.41, 5.74) is 5.38. The number of aromatic nitrogens is 6. The minimum atomic E-state index is -0.360. The maximum absolute atomic E-state index is 13.6. The van der Waals surface area contributed by atoms with Crippen LogP contribution in [-0.4, -0.2) is 37.1 Å². The summed E-state index contributed by atoms with van der Waals surface area (Å²) in [5, 5.41) is 10.8. The van der Waals surface area contributed by atoms with Crippen molar-refractivity contribution in [1.29, 1.82) is 0 Å². The van der Waals surface area contributed by atoms with Crippen LogP contribution in [0.25, 0.3) is 33.9 Å². The van der Waals surface area contributed by atoms with E-state index in [0.29, 0.717) is 17.1 Å². The average molecular weight is 364 g/mol. The van der Waals surface area contributed by atoms with Gasteiger partial charge in [0.25, 0.3) is 0 Å². The summed E-state index contributed by atoms with van der Waals surface area (Å²) in [7, 11) is 3.39. The van der Waals surface area contributed by atoms with Gasteiger partial charge in [-0.05, 0) is 31.2 Å². The van der Waals surface area contributed by atoms with Gasteiger partial charge in [0.05, 0.1) is 30.5 Å². The fourth-order valence-electron chi connectivity index (χ4n) is 3.06. The molecule has 0 spiro atoms. The van der Waals surface area contributed by atoms with Crippen molar-refractivity contribution >= 4 is 0 Å². The van der Waals surface area contributed by atoms with Crippen molar-refractivity contribution < 1.29 is 9.13 Å². The molecule has 0 aliphatic heterocycles. The minimum Gasteiger partial charge on any atom is -0.496 e. The van der Waals surface area contributed by atoms with Gasteiger partial charge in [0, 0.05) is 30.4 Å². The van der Waals surface area contributed by atoms with E-state index in [-0.39, 0.29) is 5.82 Å². The average Bonchev–Trinajstić information content (AvgIpc) is 3.27. The molecule has 3 aromatic heterocycles. The van der Waals surface area contributed by atoms with E-state index in [0.717, 1.165) is 28.2 Å². The van der Waals surface area contributed by atoms with E-state index in [9.17, 15) is 4.39 Å². The van der Waals surface area contributed by atoms with Crippen LogP contribution in [0.4, 0.5) is 4.39 Å². The van der Waals surface area contributed by atoms with Crippen LogP contribution in [0.2, 0.25) is 0 Å². The van der Waals surface area contributed by atoms with Crippen molar-refractivity contribution in [2.24, 2.45) is 7.05 Å². The van der Waals surface area contributed by atoms with Crippen LogP contribution >= 0.6 is 0 Å². The fourth-order valence-corrected chi connectivity index (χ4v) is 3.06. The molecule has 0 amide bonds. The molecule has 0 saturated carbocycles. The number of ether oxygens (including phenoxy) is 1. The monoisotopic (exact) mass is 364 g/mol. The molecule has 0 saturated heterocycles. The Kier molecular flexibility index (Phi) is 4.15. The first-order chi connectivity index (χ1) is 13.1. The van der Waals surface area contributed by atoms with Gasteiger partial charge in [-0.15, -0.1) is 5.10 Å². The van der Waals surface area contributed by atoms with Crippen molar-refractivity contribution in [3.63, 3.8) is 0 Å². The van der Waals surface area contributed by atoms with Crippen LogP contribution in [0.3, 0.4) is 0 Å². The quantitative estimate of drug-likeness (QED) is 0.600. The first-order valence-electron chi connectivity index (χ1n) is 8.28. The Balaban J connectivity index is 1.87. The lowest BCUT2D eigenvalue weighted by molar-refractivity contribution is 0.412. The molecule has 0 atom stereocenters. The number of aryl methyl sites for hydroxylation is 2. The molecule has 0 aliphatic carbocycles. The van der Waals surface area contributed by atoms with E-state index in [1.807, 2.05) is 30.7 Å². The molecule has 27 heavy (non-hydrogen) atoms. The molecule has 7 nitrogen and oxygen atoms in total. The van der Waals surface area contributed by atoms with Crippen LogP contribution < -0.4 is 4.74 Å². The van der Waals surface area contributed by atoms with Crippen LogP contribution in [0.1, 0.15) is 5.69 Å². The van der Waals surface area contributed by atoms with Crippen LogP contribution in [-0.2, 0) is 7.05 Å². The van der Waals surface area contributed by atoms with Gasteiger partial charge >= 0.3 is 0 Å². The Morgan fingerprint density at radius 2 is 1.96 bits per heavy atom. The highest BCUT2D eigenvalue weighted by atomic mass is 19.1. The van der Waals surface area contributed by atoms with E-state index in [1.54, 1.807) is 18.6 Å². The van der Waals surface area contributed by atoms with Gasteiger partial charge in [0.15, 0.2) is 0 Å². The lowest BCUT2D eigenvalue weighted by Crippen LogP contribution is -1.97. The molecular weight excluding hydrogens is 347 g/mol. The maximum Gasteiger partial charge on any atom is 0.131 e. The number of aromatic amines is 1. The number of imidazole rings is 1. The molecule has 0 bridgehead atoms. The van der Waals surface area contributed by atoms with Crippen LogP contribution in [0.15, 0.2) is 42.9 Å². The standard InChI is InChI=1S/C19H17FN6O/c1-11-17(24-25-23-11)12-6-7-21-15(8-12)18-19(26(2)10-22-18)14-5-4-13(20)9-16(14)27-3/h4-10H,1-3H3,(H,23,24,25). The third-order valence-electron chi connectivity index (χ3n) is 4.35. The van der Waals surface area contributed by atoms with Gasteiger partial charge in [-0.25, -0.2) is 9.37 Å². The predicted molar refractivity (Wildman–Crippen MR) is 98.5 cm³/mol. The van der Waals surface area contributed by atoms with Crippen LogP contribution in [0.5, 0.6) is 5.75 Å². The number of nitrogens with one attached hydrogen (secondary N) is 1. The van der Waals surface area contributed by atoms with Gasteiger partial charge in [-0.3, -0.25) is 10.1 Å². The highest BCUT2D eigenvalue weighted by Gasteiger charge is 2.19. The number of hydrogen-bond acceptors (Lipinski definition) is 5. The Bertz CT molecular complexity index is 1120. The first kappa shape index (κ1) is 16.9. The van der Waals surface area contributed by atoms with Gasteiger partial charge in [0.1, 0.15) is 23.0 Å². The number of H-pyrrole nitrogens is 1. The highest BCUT2D eigenvalue weighted by Crippen LogP contribution is 2.36. The lowest BCUT2D eigenvalue weighted by Gasteiger charge is -2.11. The zero-order chi connectivity index (χ0) is 19.0. The fraction of sp³-hybridized carbons (Fsp3) is 0.158. The van der Waals surface area contributed by atoms with Crippen molar-refractivity contribution in [2.45, 2.75) is 6.92 Å². The van der Waals surface area contributed by atoms with Crippen molar-refractivity contribution in [3.8, 4) is 39.7 Å². The Hall–Kier alpha value is -3.55. The largest absolute Gasteiger partial charge is 0.496 e. The molecule has 136 valence electrons. The highest BCUT2D eigenvalue weighted by molar-refractivity contribution is 5.81. The van der Waals surface area contributed by atoms with Crippen molar-refractivity contribution in [2.75, 3.05) is 7.11 Å². The van der Waals surface area contributed by atoms with E-state index < -0.39 is 0 Å². The molecule has 0 radical (unpaired) electrons. The normalized spacial score (nSPS) is 11.0. The van der Waals surface area contributed by atoms with E-state index in [2.05, 4.69) is 25.4 Å². The molecule has 3 heterocycles. The Morgan fingerprint density at radius 1 is 1.11 bits per heavy atom. The zero-order valence-electron chi connectivity index (χ0n) is 15.1. The van der Waals surface area contributed by atoms with E-state index in [4.69, 9.17) is 4.74 Å². The molecule has 0 fully saturated rings. The van der Waals surface area contributed by atoms with Crippen molar-refractivity contribution in [1.82, 2.24) is 29.9 Å². The predicted octanol–water partition coefficient (Wildman–Crippen LogP) is 3.39. The second-order valence-electron chi connectivity index (χ2n) is 6.11. The molecular formula is C19H17FN6O. The summed E-state index contributed by atoms with van der Waals surface area (Å²) in [6.45, 7) is 1.91. The number of benzene rings is 1. The molecule has 0 unspecified atom stereocenters. The number of methoxy groups -OCH3 is 1. The van der Waals surface area contributed by atoms with E-state index >= 15 is 0 Å². The summed E-state index contributed by atoms with van der Waals surface area (Å²) in [4.78, 5) is 8.98. The number of rotatable bonds is 4. The lowest BCUT2D eigenvalue weighted by atomic mass is 10.0. The Labute approximate surface area is 154 Å². The van der Waals surface area contributed by atoms with Crippen LogP contribution in [0, 0.1) is 12.7 Å². The maximum atomic E-state index is 13.6. The number of hydrogen-bond donors (Lipinski definition) is 1. The smallest absolute Gasteiger partial charge is 0.131 e. The van der Waals surface area contributed by atoms with E-state index in [1.165, 1.54) is 19.2 Å². The third-order valence-corrected chi connectivity index (χ3v) is 4.35. The van der Waals surface area contributed by atoms with Gasteiger partial charge in [0.2, 0.25) is 0 Å². The summed E-state index contributed by atoms with van der Waals surface area (Å²) in [6, 6.07) is 8.22. The molecule has 1 aromatic carbocycles. The number of nitrogens with zero attached hydrogens (tertiary/aromatic N) is 5. The molecule has 4 rings (SSSR count). The molecule has 8 heteroatoms. The molecule has 1 N–H and O–H groups in total. The minimum absolute atomic E-state index is 0.360. The summed E-state index contributed by atoms with van der Waals surface area (Å²) >= 11 is 0. The SMILES string of the molecule is COc1cc(F)ccc1-c1c(-c2cc(-c3nn[nH]c3C)ccn2)ncn1C. The number of pyridine rings is 1. The second kappa shape index (κ2) is 6.64. The van der Waals surface area contributed by atoms with Gasteiger partial charge < -0.3 is 9.30 Å². The van der Waals surface area contributed by atoms with Gasteiger partial charge in [-0.2, -0.15) is 0 Å². The number of halogens is 1. The zero-order valence-corrected chi connectivity index (χ0v) is 15.1. The summed E-state index contributed by atoms with van der Waals surface area (Å²) in [5.74, 6) is 0.0734. The third kappa shape index (κ3) is 2.95. The summed E-state index contributed by atoms with van der Waals surface area (Å²) < 4.78 is 20.8. The van der Waals surface area contributed by atoms with Crippen molar-refractivity contribution in [3.05, 3.63) is 54.4 Å². The Morgan fingerprint density at radius 3 is 2.70 bits per heavy atom. The first-order valence-corrected chi connectivity index (χ1v) is 8.28. The molecule has 0 aliphatic rings.